The molecule has 8 nitrogen and oxygen atoms in total. The van der Waals surface area contributed by atoms with E-state index in [0.29, 0.717) is 48.2 Å². The number of piperidine rings is 1. The van der Waals surface area contributed by atoms with E-state index < -0.39 is 4.92 Å². The van der Waals surface area contributed by atoms with Gasteiger partial charge in [-0.25, -0.2) is 0 Å². The Morgan fingerprint density at radius 1 is 1.17 bits per heavy atom. The molecule has 0 aliphatic carbocycles. The Bertz CT molecular complexity index is 1040. The van der Waals surface area contributed by atoms with E-state index in [4.69, 9.17) is 16.1 Å². The number of hydrogen-bond acceptors (Lipinski definition) is 6. The highest BCUT2D eigenvalue weighted by molar-refractivity contribution is 6.30. The quantitative estimate of drug-likeness (QED) is 0.467. The van der Waals surface area contributed by atoms with Crippen LogP contribution in [0.3, 0.4) is 0 Å². The number of nitro groups is 1. The summed E-state index contributed by atoms with van der Waals surface area (Å²) in [5, 5.41) is 15.4. The van der Waals surface area contributed by atoms with Crippen molar-refractivity contribution in [1.82, 2.24) is 15.0 Å². The van der Waals surface area contributed by atoms with Gasteiger partial charge in [0, 0.05) is 47.3 Å². The molecular formula is C20H17ClN4O4. The second kappa shape index (κ2) is 8.00. The summed E-state index contributed by atoms with van der Waals surface area (Å²) in [5.41, 5.74) is 1.19. The predicted molar refractivity (Wildman–Crippen MR) is 106 cm³/mol. The van der Waals surface area contributed by atoms with Crippen molar-refractivity contribution in [2.75, 3.05) is 13.1 Å². The number of carbonyl (C=O) groups is 1. The van der Waals surface area contributed by atoms with E-state index in [-0.39, 0.29) is 17.5 Å². The summed E-state index contributed by atoms with van der Waals surface area (Å²) in [7, 11) is 0. The third-order valence-electron chi connectivity index (χ3n) is 4.98. The summed E-state index contributed by atoms with van der Waals surface area (Å²) in [6.07, 6.45) is 1.41. The monoisotopic (exact) mass is 412 g/mol. The van der Waals surface area contributed by atoms with E-state index in [2.05, 4.69) is 10.1 Å². The molecule has 1 aliphatic rings. The maximum Gasteiger partial charge on any atom is 0.269 e. The number of carbonyl (C=O) groups excluding carboxylic acids is 1. The largest absolute Gasteiger partial charge is 0.339 e. The van der Waals surface area contributed by atoms with Gasteiger partial charge in [0.1, 0.15) is 0 Å². The molecule has 148 valence electrons. The van der Waals surface area contributed by atoms with Crippen molar-refractivity contribution in [2.45, 2.75) is 18.8 Å². The van der Waals surface area contributed by atoms with Crippen LogP contribution >= 0.6 is 11.6 Å². The molecule has 0 unspecified atom stereocenters. The lowest BCUT2D eigenvalue weighted by atomic mass is 9.96. The van der Waals surface area contributed by atoms with Gasteiger partial charge in [0.2, 0.25) is 11.7 Å². The molecule has 1 aromatic heterocycles. The lowest BCUT2D eigenvalue weighted by molar-refractivity contribution is -0.384. The number of likely N-dealkylation sites (tertiary alicyclic amines) is 1. The number of nitrogens with zero attached hydrogens (tertiary/aromatic N) is 4. The Kier molecular flexibility index (Phi) is 5.26. The van der Waals surface area contributed by atoms with E-state index in [1.807, 2.05) is 12.1 Å². The molecule has 1 saturated heterocycles. The zero-order valence-electron chi connectivity index (χ0n) is 15.3. The topological polar surface area (TPSA) is 102 Å². The summed E-state index contributed by atoms with van der Waals surface area (Å²) in [4.78, 5) is 29.1. The third kappa shape index (κ3) is 4.12. The molecular weight excluding hydrogens is 396 g/mol. The molecule has 0 spiro atoms. The molecule has 0 N–H and O–H groups in total. The Balaban J connectivity index is 1.39. The molecule has 3 aromatic rings. The molecule has 0 atom stereocenters. The molecule has 9 heteroatoms. The van der Waals surface area contributed by atoms with E-state index >= 15 is 0 Å². The second-order valence-corrected chi connectivity index (χ2v) is 7.27. The highest BCUT2D eigenvalue weighted by Gasteiger charge is 2.28. The summed E-state index contributed by atoms with van der Waals surface area (Å²) in [6.45, 7) is 1.10. The molecule has 2 aromatic carbocycles. The Labute approximate surface area is 171 Å². The number of aromatic nitrogens is 2. The zero-order valence-corrected chi connectivity index (χ0v) is 16.1. The van der Waals surface area contributed by atoms with Crippen LogP contribution in [0.5, 0.6) is 0 Å². The average molecular weight is 413 g/mol. The smallest absolute Gasteiger partial charge is 0.269 e. The number of rotatable bonds is 4. The van der Waals surface area contributed by atoms with Crippen LogP contribution in [0.25, 0.3) is 11.4 Å². The molecule has 29 heavy (non-hydrogen) atoms. The summed E-state index contributed by atoms with van der Waals surface area (Å²) >= 11 is 6.01. The Morgan fingerprint density at radius 2 is 1.90 bits per heavy atom. The van der Waals surface area contributed by atoms with Crippen LogP contribution in [0.2, 0.25) is 5.02 Å². The minimum absolute atomic E-state index is 0.0350. The number of benzene rings is 2. The van der Waals surface area contributed by atoms with Crippen molar-refractivity contribution in [3.8, 4) is 11.4 Å². The van der Waals surface area contributed by atoms with Crippen molar-refractivity contribution in [1.29, 1.82) is 0 Å². The van der Waals surface area contributed by atoms with E-state index in [9.17, 15) is 14.9 Å². The van der Waals surface area contributed by atoms with Gasteiger partial charge in [-0.1, -0.05) is 28.9 Å². The fourth-order valence-electron chi connectivity index (χ4n) is 3.38. The first-order valence-electron chi connectivity index (χ1n) is 9.14. The Morgan fingerprint density at radius 3 is 2.55 bits per heavy atom. The molecule has 1 amide bonds. The van der Waals surface area contributed by atoms with Crippen LogP contribution in [0, 0.1) is 10.1 Å². The van der Waals surface area contributed by atoms with Crippen LogP contribution in [0.15, 0.2) is 53.1 Å². The van der Waals surface area contributed by atoms with Crippen molar-refractivity contribution < 1.29 is 14.2 Å². The number of non-ortho nitro benzene ring substituents is 1. The lowest BCUT2D eigenvalue weighted by Crippen LogP contribution is -2.38. The second-order valence-electron chi connectivity index (χ2n) is 6.84. The maximum absolute atomic E-state index is 12.6. The fourth-order valence-corrected chi connectivity index (χ4v) is 3.57. The van der Waals surface area contributed by atoms with Gasteiger partial charge in [-0.3, -0.25) is 14.9 Å². The molecule has 0 bridgehead atoms. The first kappa shape index (κ1) is 19.1. The van der Waals surface area contributed by atoms with Gasteiger partial charge in [-0.15, -0.1) is 0 Å². The van der Waals surface area contributed by atoms with Crippen molar-refractivity contribution in [3.63, 3.8) is 0 Å². The van der Waals surface area contributed by atoms with Gasteiger partial charge in [-0.2, -0.15) is 4.98 Å². The first-order chi connectivity index (χ1) is 14.0. The fraction of sp³-hybridized carbons (Fsp3) is 0.250. The zero-order chi connectivity index (χ0) is 20.4. The number of hydrogen-bond donors (Lipinski definition) is 0. The highest BCUT2D eigenvalue weighted by Crippen LogP contribution is 2.29. The van der Waals surface area contributed by atoms with Crippen LogP contribution in [0.1, 0.15) is 35.0 Å². The van der Waals surface area contributed by atoms with Gasteiger partial charge in [-0.05, 0) is 37.1 Å². The van der Waals surface area contributed by atoms with Crippen molar-refractivity contribution in [3.05, 3.63) is 75.1 Å². The molecule has 1 fully saturated rings. The molecule has 4 rings (SSSR count). The predicted octanol–water partition coefficient (Wildman–Crippen LogP) is 4.32. The minimum atomic E-state index is -0.484. The van der Waals surface area contributed by atoms with Crippen molar-refractivity contribution in [2.24, 2.45) is 0 Å². The standard InChI is InChI=1S/C20H17ClN4O4/c21-16-3-1-2-15(12-16)18-22-19(29-23-18)13-8-10-24(11-9-13)20(26)14-4-6-17(7-5-14)25(27)28/h1-7,12-13H,8-11H2. The van der Waals surface area contributed by atoms with Crippen LogP contribution in [-0.4, -0.2) is 39.0 Å². The normalized spacial score (nSPS) is 14.7. The number of nitro benzene ring substituents is 1. The summed E-state index contributed by atoms with van der Waals surface area (Å²) in [6, 6.07) is 12.9. The SMILES string of the molecule is O=C(c1ccc([N+](=O)[O-])cc1)N1CCC(c2nc(-c3cccc(Cl)c3)no2)CC1. The molecule has 1 aliphatic heterocycles. The third-order valence-corrected chi connectivity index (χ3v) is 5.22. The van der Waals surface area contributed by atoms with Gasteiger partial charge < -0.3 is 9.42 Å². The molecule has 2 heterocycles. The first-order valence-corrected chi connectivity index (χ1v) is 9.52. The van der Waals surface area contributed by atoms with Crippen LogP contribution in [-0.2, 0) is 0 Å². The van der Waals surface area contributed by atoms with Gasteiger partial charge in [0.05, 0.1) is 4.92 Å². The molecule has 0 radical (unpaired) electrons. The van der Waals surface area contributed by atoms with Gasteiger partial charge in [0.25, 0.3) is 11.6 Å². The van der Waals surface area contributed by atoms with Gasteiger partial charge >= 0.3 is 0 Å². The number of halogens is 1. The Hall–Kier alpha value is -3.26. The van der Waals surface area contributed by atoms with Gasteiger partial charge in [0.15, 0.2) is 0 Å². The van der Waals surface area contributed by atoms with Crippen LogP contribution in [0.4, 0.5) is 5.69 Å². The highest BCUT2D eigenvalue weighted by atomic mass is 35.5. The van der Waals surface area contributed by atoms with E-state index in [1.54, 1.807) is 17.0 Å². The maximum atomic E-state index is 12.6. The summed E-state index contributed by atoms with van der Waals surface area (Å²) < 4.78 is 5.44. The van der Waals surface area contributed by atoms with Crippen LogP contribution < -0.4 is 0 Å². The molecule has 0 saturated carbocycles. The lowest BCUT2D eigenvalue weighted by Gasteiger charge is -2.30. The van der Waals surface area contributed by atoms with E-state index in [0.717, 1.165) is 5.56 Å². The van der Waals surface area contributed by atoms with Crippen molar-refractivity contribution >= 4 is 23.2 Å². The average Bonchev–Trinajstić information content (AvgIpc) is 3.24. The summed E-state index contributed by atoms with van der Waals surface area (Å²) in [5.74, 6) is 0.995. The van der Waals surface area contributed by atoms with E-state index in [1.165, 1.54) is 24.3 Å². The minimum Gasteiger partial charge on any atom is -0.339 e. The number of amides is 1.